The number of benzene rings is 4. The van der Waals surface area contributed by atoms with Gasteiger partial charge >= 0.3 is 5.97 Å². The van der Waals surface area contributed by atoms with Crippen molar-refractivity contribution in [3.63, 3.8) is 0 Å². The average molecular weight is 1860 g/mol. The number of aliphatic carboxylic acids is 1. The molecular formula is C87H134N34O13. The van der Waals surface area contributed by atoms with Crippen LogP contribution in [0.4, 0.5) is 0 Å². The molecule has 134 heavy (non-hydrogen) atoms. The van der Waals surface area contributed by atoms with E-state index in [0.29, 0.717) is 25.1 Å². The lowest BCUT2D eigenvalue weighted by atomic mass is 9.85. The maximum absolute atomic E-state index is 15.0. The third-order valence-corrected chi connectivity index (χ3v) is 20.9. The number of carboxylic acids is 1. The topological polar surface area (TPSA) is 826 Å². The van der Waals surface area contributed by atoms with Crippen molar-refractivity contribution in [3.8, 4) is 0 Å². The molecule has 5 rings (SSSR count). The highest BCUT2D eigenvalue weighted by Crippen LogP contribution is 2.37. The van der Waals surface area contributed by atoms with Gasteiger partial charge in [-0.15, -0.1) is 5.10 Å². The molecule has 0 saturated heterocycles. The van der Waals surface area contributed by atoms with Gasteiger partial charge in [-0.1, -0.05) is 120 Å². The minimum Gasteiger partial charge on any atom is -0.481 e. The molecule has 47 heteroatoms. The Balaban J connectivity index is 1.35. The first kappa shape index (κ1) is 109. The number of guanidine groups is 6. The van der Waals surface area contributed by atoms with Crippen LogP contribution in [0.15, 0.2) is 121 Å². The lowest BCUT2D eigenvalue weighted by molar-refractivity contribution is -0.139. The molecule has 0 bridgehead atoms. The number of nitrogens with zero attached hydrogens (tertiary/aromatic N) is 3. The molecule has 4 aromatic carbocycles. The number of nitrogens with two attached hydrogens (primary N) is 9. The quantitative estimate of drug-likeness (QED) is 0.00762. The second-order valence-corrected chi connectivity index (χ2v) is 31.6. The SMILES string of the molecule is N=C(N)NCCCC(NC(=O)CNC(=O)CCc1cn(Cc2ccc(C(=C(c3ccccc3)c3ccccc3)c3ccccc3)cc2)nn1)C(=O)NC(CCCCN)C(=O)NC(CCCCN)C(=O)N[C@@H](CCCNC(=N)N)C(=O)N[C@@H](CCCNC(=N)N)C(=O)N[C@@H](CCC(=O)O)C(=O)NC(CCCNC(=N)N)C(=O)N[C@@H](CCCNC(=N)N)C(=O)N[C@@H](CCCNC(=N)N)C(N)=O. The van der Waals surface area contributed by atoms with Crippen molar-refractivity contribution in [2.45, 2.75) is 202 Å². The van der Waals surface area contributed by atoms with Crippen LogP contribution in [-0.4, -0.2) is 240 Å². The number of amides is 11. The molecule has 5 aromatic rings. The van der Waals surface area contributed by atoms with E-state index in [1.807, 2.05) is 66.7 Å². The second kappa shape index (κ2) is 60.7. The normalized spacial score (nSPS) is 12.8. The van der Waals surface area contributed by atoms with Crippen molar-refractivity contribution in [1.29, 1.82) is 32.5 Å². The standard InChI is InChI=1S/C87H134N34O13/c88-42-12-10-26-61(112-74(127)60(29-15-45-104-83(93)94)110-69(123)50-109-68(122)40-38-58-52-121(120-119-58)51-53-34-36-57(37-35-53)72(56-24-8-3-9-25-56)71(54-20-4-1-5-21-54)55-22-6-2-7-23-55)76(129)113-62(27-11-13-43-89)77(130)115-64(31-17-47-106-85(97)98)78(131)116-66(33-19-49-108-87(101)102)80(133)118-67(39-41-70(124)125)81(134)117-65(32-18-48-107-86(99)100)79(132)114-63(30-16-46-105-84(95)96)75(128)111-59(73(90)126)28-14-44-103-82(91)92/h1-9,20-25,34-37,52,59-67H,10-19,26-33,38-51,88-89H2,(H2,90,126)(H,109,122)(H,110,123)(H,111,128)(H,112,127)(H,113,129)(H,114,132)(H,115,130)(H,116,131)(H,117,134)(H,118,133)(H,124,125)(H4,91,92,103)(H4,93,94,104)(H4,95,96,105)(H4,97,98,106)(H4,99,100,107)(H4,101,102,108)/t59-,60?,61?,62?,63-,64-,65?,66-,67-/m0/s1. The average Bonchev–Trinajstić information content (AvgIpc) is 0.865. The Bertz CT molecular complexity index is 4680. The van der Waals surface area contributed by atoms with E-state index >= 15 is 0 Å². The number of primary amides is 1. The summed E-state index contributed by atoms with van der Waals surface area (Å²) in [6, 6.07) is 25.2. The Morgan fingerprint density at radius 2 is 0.597 bits per heavy atom. The van der Waals surface area contributed by atoms with Crippen molar-refractivity contribution in [1.82, 2.24) is 100 Å². The van der Waals surface area contributed by atoms with Gasteiger partial charge in [0.1, 0.15) is 54.4 Å². The van der Waals surface area contributed by atoms with Crippen LogP contribution in [0.2, 0.25) is 0 Å². The fraction of sp³-hybridized carbons (Fsp3) is 0.471. The van der Waals surface area contributed by atoms with E-state index < -0.39 is 169 Å². The summed E-state index contributed by atoms with van der Waals surface area (Å²) < 4.78 is 1.66. The molecule has 0 aliphatic heterocycles. The van der Waals surface area contributed by atoms with Crippen LogP contribution in [0, 0.1) is 32.5 Å². The first-order chi connectivity index (χ1) is 64.1. The van der Waals surface area contributed by atoms with Crippen LogP contribution in [-0.2, 0) is 70.5 Å². The second-order valence-electron chi connectivity index (χ2n) is 31.6. The van der Waals surface area contributed by atoms with Gasteiger partial charge in [-0.2, -0.15) is 0 Å². The number of rotatable bonds is 64. The minimum absolute atomic E-state index is 0.000266. The van der Waals surface area contributed by atoms with E-state index in [-0.39, 0.29) is 180 Å². The summed E-state index contributed by atoms with van der Waals surface area (Å²) in [7, 11) is 0. The van der Waals surface area contributed by atoms with Crippen LogP contribution < -0.4 is 137 Å². The Labute approximate surface area is 777 Å². The van der Waals surface area contributed by atoms with Crippen molar-refractivity contribution >= 4 is 118 Å². The molecule has 9 atom stereocenters. The lowest BCUT2D eigenvalue weighted by Gasteiger charge is -2.28. The van der Waals surface area contributed by atoms with Crippen LogP contribution in [0.25, 0.3) is 11.1 Å². The van der Waals surface area contributed by atoms with E-state index in [9.17, 15) is 62.6 Å². The van der Waals surface area contributed by atoms with Crippen molar-refractivity contribution in [2.24, 2.45) is 51.6 Å². The molecule has 0 aliphatic carbocycles. The maximum atomic E-state index is 15.0. The zero-order valence-corrected chi connectivity index (χ0v) is 75.3. The van der Waals surface area contributed by atoms with Crippen molar-refractivity contribution in [2.75, 3.05) is 58.9 Å². The fourth-order valence-electron chi connectivity index (χ4n) is 14.0. The molecule has 41 N–H and O–H groups in total. The molecule has 730 valence electrons. The molecule has 0 fully saturated rings. The van der Waals surface area contributed by atoms with Gasteiger partial charge in [0.25, 0.3) is 0 Å². The van der Waals surface area contributed by atoms with Gasteiger partial charge in [-0.05, 0) is 174 Å². The molecule has 0 aliphatic rings. The predicted molar refractivity (Wildman–Crippen MR) is 505 cm³/mol. The molecule has 0 spiro atoms. The summed E-state index contributed by atoms with van der Waals surface area (Å²) in [5.74, 6) is -14.1. The van der Waals surface area contributed by atoms with Gasteiger partial charge in [-0.25, -0.2) is 4.68 Å². The van der Waals surface area contributed by atoms with Crippen LogP contribution >= 0.6 is 0 Å². The van der Waals surface area contributed by atoms with Gasteiger partial charge in [-0.3, -0.25) is 90.0 Å². The Kier molecular flexibility index (Phi) is 49.6. The number of hydrogen-bond acceptors (Lipinski definition) is 22. The Hall–Kier alpha value is -15.1. The van der Waals surface area contributed by atoms with Gasteiger partial charge in [0, 0.05) is 64.7 Å². The fourth-order valence-corrected chi connectivity index (χ4v) is 14.0. The summed E-state index contributed by atoms with van der Waals surface area (Å²) in [6.07, 6.45) is 0.685. The Morgan fingerprint density at radius 3 is 0.888 bits per heavy atom. The van der Waals surface area contributed by atoms with Crippen LogP contribution in [0.3, 0.4) is 0 Å². The predicted octanol–water partition coefficient (Wildman–Crippen LogP) is -4.07. The molecule has 0 radical (unpaired) electrons. The van der Waals surface area contributed by atoms with E-state index in [4.69, 9.17) is 84.1 Å². The molecule has 1 heterocycles. The molecular weight excluding hydrogens is 1730 g/mol. The van der Waals surface area contributed by atoms with Gasteiger partial charge in [0.15, 0.2) is 35.8 Å². The number of carboxylic acid groups (broad SMARTS) is 1. The zero-order chi connectivity index (χ0) is 98.3. The summed E-state index contributed by atoms with van der Waals surface area (Å²) in [6.45, 7) is 0.203. The third-order valence-electron chi connectivity index (χ3n) is 20.9. The summed E-state index contributed by atoms with van der Waals surface area (Å²) in [5.41, 5.74) is 58.3. The largest absolute Gasteiger partial charge is 0.481 e. The Morgan fingerprint density at radius 1 is 0.321 bits per heavy atom. The molecule has 47 nitrogen and oxygen atoms in total. The number of aryl methyl sites for hydroxylation is 1. The number of unbranched alkanes of at least 4 members (excludes halogenated alkanes) is 2. The zero-order valence-electron chi connectivity index (χ0n) is 75.3. The number of hydrogen-bond donors (Lipinski definition) is 32. The maximum Gasteiger partial charge on any atom is 0.303 e. The third kappa shape index (κ3) is 43.1. The van der Waals surface area contributed by atoms with E-state index in [1.165, 1.54) is 0 Å². The molecule has 1 aromatic heterocycles. The summed E-state index contributed by atoms with van der Waals surface area (Å²) in [4.78, 5) is 169. The van der Waals surface area contributed by atoms with E-state index in [1.54, 1.807) is 10.9 Å². The first-order valence-electron chi connectivity index (χ1n) is 44.4. The number of carbonyl (C=O) groups excluding carboxylic acids is 11. The summed E-state index contributed by atoms with van der Waals surface area (Å²) in [5, 5.41) is 106. The highest BCUT2D eigenvalue weighted by atomic mass is 16.4. The van der Waals surface area contributed by atoms with Gasteiger partial charge < -0.3 is 142 Å². The molecule has 0 saturated carbocycles. The van der Waals surface area contributed by atoms with Crippen molar-refractivity contribution < 1.29 is 62.6 Å². The van der Waals surface area contributed by atoms with Gasteiger partial charge in [0.2, 0.25) is 65.0 Å². The summed E-state index contributed by atoms with van der Waals surface area (Å²) >= 11 is 0. The lowest BCUT2D eigenvalue weighted by Crippen LogP contribution is -2.60. The number of carbonyl (C=O) groups is 12. The van der Waals surface area contributed by atoms with E-state index in [2.05, 4.69) is 144 Å². The van der Waals surface area contributed by atoms with Crippen LogP contribution in [0.5, 0.6) is 0 Å². The first-order valence-corrected chi connectivity index (χ1v) is 44.4. The molecule has 4 unspecified atom stereocenters. The smallest absolute Gasteiger partial charge is 0.303 e. The minimum atomic E-state index is -1.82. The van der Waals surface area contributed by atoms with E-state index in [0.717, 1.165) is 39.0 Å². The molecule has 11 amide bonds. The van der Waals surface area contributed by atoms with Gasteiger partial charge in [0.05, 0.1) is 18.8 Å². The van der Waals surface area contributed by atoms with Crippen LogP contribution in [0.1, 0.15) is 168 Å². The number of aromatic nitrogens is 3. The number of nitrogens with one attached hydrogen (secondary N) is 22. The highest BCUT2D eigenvalue weighted by molar-refractivity contribution is 6.05. The monoisotopic (exact) mass is 1860 g/mol. The van der Waals surface area contributed by atoms with Crippen molar-refractivity contribution in [3.05, 3.63) is 155 Å². The highest BCUT2D eigenvalue weighted by Gasteiger charge is 2.37.